The van der Waals surface area contributed by atoms with Crippen molar-refractivity contribution in [3.05, 3.63) is 35.4 Å². The van der Waals surface area contributed by atoms with Crippen LogP contribution in [0.2, 0.25) is 0 Å². The molecule has 0 aliphatic carbocycles. The number of nitrogens with one attached hydrogen (secondary N) is 2. The van der Waals surface area contributed by atoms with Crippen molar-refractivity contribution in [1.82, 2.24) is 10.6 Å². The minimum atomic E-state index is -0.0386. The Kier molecular flexibility index (Phi) is 6.83. The SMILES string of the molecule is CCC(CSC)NCc1ccc(C(=O)NC)cc1. The van der Waals surface area contributed by atoms with E-state index in [9.17, 15) is 4.79 Å². The number of hydrogen-bond acceptors (Lipinski definition) is 3. The lowest BCUT2D eigenvalue weighted by molar-refractivity contribution is 0.0963. The van der Waals surface area contributed by atoms with E-state index in [1.807, 2.05) is 36.0 Å². The summed E-state index contributed by atoms with van der Waals surface area (Å²) in [6.45, 7) is 3.05. The minimum Gasteiger partial charge on any atom is -0.355 e. The molecule has 1 amide bonds. The van der Waals surface area contributed by atoms with Crippen LogP contribution in [0.5, 0.6) is 0 Å². The van der Waals surface area contributed by atoms with E-state index >= 15 is 0 Å². The van der Waals surface area contributed by atoms with Crippen molar-refractivity contribution in [2.75, 3.05) is 19.1 Å². The first-order chi connectivity index (χ1) is 8.71. The normalized spacial score (nSPS) is 12.2. The van der Waals surface area contributed by atoms with E-state index in [0.29, 0.717) is 11.6 Å². The molecular weight excluding hydrogens is 244 g/mol. The maximum Gasteiger partial charge on any atom is 0.251 e. The van der Waals surface area contributed by atoms with Crippen LogP contribution in [0.3, 0.4) is 0 Å². The van der Waals surface area contributed by atoms with E-state index in [1.165, 1.54) is 5.56 Å². The molecule has 2 N–H and O–H groups in total. The lowest BCUT2D eigenvalue weighted by Crippen LogP contribution is -2.30. The number of carbonyl (C=O) groups is 1. The molecule has 0 aromatic heterocycles. The third-order valence-corrected chi connectivity index (χ3v) is 3.63. The molecule has 4 heteroatoms. The molecule has 0 heterocycles. The fraction of sp³-hybridized carbons (Fsp3) is 0.500. The average Bonchev–Trinajstić information content (AvgIpc) is 2.43. The maximum atomic E-state index is 11.4. The highest BCUT2D eigenvalue weighted by Crippen LogP contribution is 2.06. The fourth-order valence-corrected chi connectivity index (χ4v) is 2.46. The van der Waals surface area contributed by atoms with E-state index in [-0.39, 0.29) is 5.91 Å². The first-order valence-electron chi connectivity index (χ1n) is 6.24. The van der Waals surface area contributed by atoms with Gasteiger partial charge in [-0.05, 0) is 30.4 Å². The van der Waals surface area contributed by atoms with Crippen LogP contribution >= 0.6 is 11.8 Å². The highest BCUT2D eigenvalue weighted by Gasteiger charge is 2.05. The van der Waals surface area contributed by atoms with E-state index in [0.717, 1.165) is 18.7 Å². The van der Waals surface area contributed by atoms with Gasteiger partial charge >= 0.3 is 0 Å². The van der Waals surface area contributed by atoms with E-state index in [1.54, 1.807) is 7.05 Å². The first-order valence-corrected chi connectivity index (χ1v) is 7.64. The quantitative estimate of drug-likeness (QED) is 0.795. The smallest absolute Gasteiger partial charge is 0.251 e. The zero-order valence-electron chi connectivity index (χ0n) is 11.3. The first kappa shape index (κ1) is 15.1. The van der Waals surface area contributed by atoms with Gasteiger partial charge in [0.05, 0.1) is 0 Å². The Labute approximate surface area is 114 Å². The molecule has 0 fully saturated rings. The van der Waals surface area contributed by atoms with Crippen LogP contribution in [-0.2, 0) is 6.54 Å². The second-order valence-corrected chi connectivity index (χ2v) is 5.13. The van der Waals surface area contributed by atoms with E-state index in [2.05, 4.69) is 23.8 Å². The topological polar surface area (TPSA) is 41.1 Å². The Morgan fingerprint density at radius 2 is 2.00 bits per heavy atom. The van der Waals surface area contributed by atoms with Crippen LogP contribution in [0.25, 0.3) is 0 Å². The maximum absolute atomic E-state index is 11.4. The van der Waals surface area contributed by atoms with Gasteiger partial charge in [-0.3, -0.25) is 4.79 Å². The number of hydrogen-bond donors (Lipinski definition) is 2. The summed E-state index contributed by atoms with van der Waals surface area (Å²) in [6, 6.07) is 8.29. The van der Waals surface area contributed by atoms with Crippen molar-refractivity contribution in [3.63, 3.8) is 0 Å². The molecule has 1 atom stereocenters. The number of rotatable bonds is 7. The summed E-state index contributed by atoms with van der Waals surface area (Å²) < 4.78 is 0. The molecule has 1 unspecified atom stereocenters. The van der Waals surface area contributed by atoms with Gasteiger partial charge in [0, 0.05) is 31.0 Å². The summed E-state index contributed by atoms with van der Waals surface area (Å²) in [5.74, 6) is 1.09. The predicted octanol–water partition coefficient (Wildman–Crippen LogP) is 2.28. The van der Waals surface area contributed by atoms with Crippen LogP contribution < -0.4 is 10.6 Å². The van der Waals surface area contributed by atoms with Gasteiger partial charge < -0.3 is 10.6 Å². The Hall–Kier alpha value is -1.00. The van der Waals surface area contributed by atoms with Gasteiger partial charge in [-0.25, -0.2) is 0 Å². The third-order valence-electron chi connectivity index (χ3n) is 2.90. The van der Waals surface area contributed by atoms with Gasteiger partial charge in [0.25, 0.3) is 5.91 Å². The molecule has 3 nitrogen and oxygen atoms in total. The monoisotopic (exact) mass is 266 g/mol. The van der Waals surface area contributed by atoms with Crippen LogP contribution in [-0.4, -0.2) is 31.0 Å². The van der Waals surface area contributed by atoms with Crippen molar-refractivity contribution >= 4 is 17.7 Å². The third kappa shape index (κ3) is 4.70. The van der Waals surface area contributed by atoms with E-state index < -0.39 is 0 Å². The van der Waals surface area contributed by atoms with Gasteiger partial charge in [-0.2, -0.15) is 11.8 Å². The summed E-state index contributed by atoms with van der Waals surface area (Å²) in [5, 5.41) is 6.15. The van der Waals surface area contributed by atoms with Crippen LogP contribution in [0.4, 0.5) is 0 Å². The standard InChI is InChI=1S/C14H22N2OS/c1-4-13(10-18-3)16-9-11-5-7-12(8-6-11)14(17)15-2/h5-8,13,16H,4,9-10H2,1-3H3,(H,15,17). The molecule has 0 aliphatic rings. The van der Waals surface area contributed by atoms with Crippen LogP contribution in [0, 0.1) is 0 Å². The molecule has 0 aliphatic heterocycles. The van der Waals surface area contributed by atoms with Crippen molar-refractivity contribution in [1.29, 1.82) is 0 Å². The summed E-state index contributed by atoms with van der Waals surface area (Å²) in [5.41, 5.74) is 1.92. The molecule has 1 rings (SSSR count). The van der Waals surface area contributed by atoms with Gasteiger partial charge in [-0.15, -0.1) is 0 Å². The molecular formula is C14H22N2OS. The number of carbonyl (C=O) groups excluding carboxylic acids is 1. The fourth-order valence-electron chi connectivity index (χ4n) is 1.70. The number of benzene rings is 1. The molecule has 0 saturated carbocycles. The Balaban J connectivity index is 2.50. The molecule has 100 valence electrons. The molecule has 1 aromatic rings. The number of thioether (sulfide) groups is 1. The lowest BCUT2D eigenvalue weighted by atomic mass is 10.1. The summed E-state index contributed by atoms with van der Waals surface area (Å²) in [4.78, 5) is 11.4. The molecule has 0 radical (unpaired) electrons. The summed E-state index contributed by atoms with van der Waals surface area (Å²) >= 11 is 1.86. The summed E-state index contributed by atoms with van der Waals surface area (Å²) in [7, 11) is 1.64. The van der Waals surface area contributed by atoms with Crippen molar-refractivity contribution in [2.24, 2.45) is 0 Å². The number of amides is 1. The van der Waals surface area contributed by atoms with Crippen LogP contribution in [0.15, 0.2) is 24.3 Å². The molecule has 1 aromatic carbocycles. The molecule has 0 bridgehead atoms. The molecule has 0 saturated heterocycles. The second kappa shape index (κ2) is 8.16. The lowest BCUT2D eigenvalue weighted by Gasteiger charge is -2.15. The van der Waals surface area contributed by atoms with Crippen molar-refractivity contribution in [2.45, 2.75) is 25.9 Å². The predicted molar refractivity (Wildman–Crippen MR) is 79.1 cm³/mol. The highest BCUT2D eigenvalue weighted by molar-refractivity contribution is 7.98. The largest absolute Gasteiger partial charge is 0.355 e. The van der Waals surface area contributed by atoms with Gasteiger partial charge in [-0.1, -0.05) is 19.1 Å². The minimum absolute atomic E-state index is 0.0386. The summed E-state index contributed by atoms with van der Waals surface area (Å²) in [6.07, 6.45) is 3.26. The molecule has 0 spiro atoms. The zero-order valence-corrected chi connectivity index (χ0v) is 12.1. The van der Waals surface area contributed by atoms with Crippen LogP contribution in [0.1, 0.15) is 29.3 Å². The second-order valence-electron chi connectivity index (χ2n) is 4.22. The van der Waals surface area contributed by atoms with Crippen molar-refractivity contribution in [3.8, 4) is 0 Å². The van der Waals surface area contributed by atoms with Gasteiger partial charge in [0.15, 0.2) is 0 Å². The molecule has 18 heavy (non-hydrogen) atoms. The zero-order chi connectivity index (χ0) is 13.4. The van der Waals surface area contributed by atoms with Crippen molar-refractivity contribution < 1.29 is 4.79 Å². The average molecular weight is 266 g/mol. The van der Waals surface area contributed by atoms with Gasteiger partial charge in [0.2, 0.25) is 0 Å². The van der Waals surface area contributed by atoms with Gasteiger partial charge in [0.1, 0.15) is 0 Å². The highest BCUT2D eigenvalue weighted by atomic mass is 32.2. The Bertz CT molecular complexity index is 365. The van der Waals surface area contributed by atoms with E-state index in [4.69, 9.17) is 0 Å². The Morgan fingerprint density at radius 3 is 2.50 bits per heavy atom. The Morgan fingerprint density at radius 1 is 1.33 bits per heavy atom.